The van der Waals surface area contributed by atoms with Gasteiger partial charge in [-0.05, 0) is 61.6 Å². The van der Waals surface area contributed by atoms with Gasteiger partial charge in [0.2, 0.25) is 0 Å². The minimum Gasteiger partial charge on any atom is -0.363 e. The number of aryl methyl sites for hydroxylation is 1. The van der Waals surface area contributed by atoms with Crippen molar-refractivity contribution in [3.8, 4) is 0 Å². The van der Waals surface area contributed by atoms with E-state index < -0.39 is 15.6 Å². The summed E-state index contributed by atoms with van der Waals surface area (Å²) in [6, 6.07) is 10.9. The van der Waals surface area contributed by atoms with Gasteiger partial charge < -0.3 is 4.74 Å². The first-order valence-corrected chi connectivity index (χ1v) is 11.0. The third-order valence-corrected chi connectivity index (χ3v) is 7.04. The van der Waals surface area contributed by atoms with Crippen LogP contribution >= 0.6 is 11.3 Å². The van der Waals surface area contributed by atoms with Crippen molar-refractivity contribution < 1.29 is 17.5 Å². The fraction of sp³-hybridized carbons (Fsp3) is 0.143. The summed E-state index contributed by atoms with van der Waals surface area (Å²) >= 11 is 1.32. The number of methoxy groups -OCH3 is 1. The van der Waals surface area contributed by atoms with Crippen LogP contribution in [-0.4, -0.2) is 26.2 Å². The fourth-order valence-corrected chi connectivity index (χ4v) is 5.03. The summed E-state index contributed by atoms with van der Waals surface area (Å²) < 4.78 is 48.8. The van der Waals surface area contributed by atoms with Gasteiger partial charge in [-0.1, -0.05) is 17.7 Å². The summed E-state index contributed by atoms with van der Waals surface area (Å²) in [6.07, 6.45) is 6.57. The van der Waals surface area contributed by atoms with Gasteiger partial charge in [-0.25, -0.2) is 9.37 Å². The minimum absolute atomic E-state index is 0.133. The van der Waals surface area contributed by atoms with Gasteiger partial charge in [0.15, 0.2) is 5.60 Å². The van der Waals surface area contributed by atoms with E-state index in [1.807, 2.05) is 6.92 Å². The molecular weight excluding hydrogens is 411 g/mol. The number of nitrogens with zero attached hydrogens (tertiary/aromatic N) is 2. The molecule has 5 nitrogen and oxygen atoms in total. The molecule has 3 aromatic rings. The van der Waals surface area contributed by atoms with Crippen LogP contribution < -0.4 is 0 Å². The molecule has 0 bridgehead atoms. The molecule has 1 aliphatic rings. The first-order chi connectivity index (χ1) is 13.8. The number of hydrogen-bond acceptors (Lipinski definition) is 5. The zero-order valence-electron chi connectivity index (χ0n) is 15.7. The lowest BCUT2D eigenvalue weighted by Crippen LogP contribution is -2.26. The van der Waals surface area contributed by atoms with Crippen molar-refractivity contribution in [1.82, 2.24) is 4.98 Å². The van der Waals surface area contributed by atoms with Crippen LogP contribution in [-0.2, 0) is 20.4 Å². The van der Waals surface area contributed by atoms with Gasteiger partial charge in [-0.15, -0.1) is 11.3 Å². The molecule has 0 saturated carbocycles. The van der Waals surface area contributed by atoms with E-state index in [9.17, 15) is 12.8 Å². The van der Waals surface area contributed by atoms with E-state index >= 15 is 0 Å². The molecule has 0 spiro atoms. The Labute approximate surface area is 171 Å². The minimum atomic E-state index is -3.82. The van der Waals surface area contributed by atoms with E-state index in [2.05, 4.69) is 9.38 Å². The Bertz CT molecular complexity index is 1260. The van der Waals surface area contributed by atoms with E-state index in [0.717, 1.165) is 5.56 Å². The highest BCUT2D eigenvalue weighted by atomic mass is 32.2. The highest BCUT2D eigenvalue weighted by molar-refractivity contribution is 7.90. The molecule has 2 aromatic carbocycles. The molecule has 29 heavy (non-hydrogen) atoms. The SMILES string of the molecule is COC1(c2nc3ccc(F)cc3s2)C=CC(=NS(=O)(=O)c2ccc(C)cc2)C=C1. The van der Waals surface area contributed by atoms with Crippen LogP contribution in [0.1, 0.15) is 10.6 Å². The number of fused-ring (bicyclic) bond motifs is 1. The molecular formula is C21H17FN2O3S2. The molecule has 1 heterocycles. The van der Waals surface area contributed by atoms with Gasteiger partial charge in [0.1, 0.15) is 10.8 Å². The maximum atomic E-state index is 13.5. The Kier molecular flexibility index (Phi) is 4.94. The van der Waals surface area contributed by atoms with E-state index in [1.165, 1.54) is 42.7 Å². The van der Waals surface area contributed by atoms with Crippen molar-refractivity contribution in [1.29, 1.82) is 0 Å². The molecule has 0 aliphatic heterocycles. The number of hydrogen-bond donors (Lipinski definition) is 0. The van der Waals surface area contributed by atoms with Crippen molar-refractivity contribution in [3.63, 3.8) is 0 Å². The van der Waals surface area contributed by atoms with Crippen LogP contribution in [0.5, 0.6) is 0 Å². The lowest BCUT2D eigenvalue weighted by molar-refractivity contribution is 0.0721. The quantitative estimate of drug-likeness (QED) is 0.612. The van der Waals surface area contributed by atoms with E-state index in [0.29, 0.717) is 15.2 Å². The van der Waals surface area contributed by atoms with Crippen LogP contribution in [0.2, 0.25) is 0 Å². The zero-order valence-corrected chi connectivity index (χ0v) is 17.3. The predicted octanol–water partition coefficient (Wildman–Crippen LogP) is 4.54. The van der Waals surface area contributed by atoms with Gasteiger partial charge in [0.05, 0.1) is 20.8 Å². The second-order valence-electron chi connectivity index (χ2n) is 6.60. The summed E-state index contributed by atoms with van der Waals surface area (Å²) in [4.78, 5) is 4.68. The van der Waals surface area contributed by atoms with Crippen LogP contribution in [0.4, 0.5) is 4.39 Å². The number of aromatic nitrogens is 1. The summed E-state index contributed by atoms with van der Waals surface area (Å²) in [6.45, 7) is 1.88. The molecule has 0 amide bonds. The van der Waals surface area contributed by atoms with Crippen LogP contribution in [0.3, 0.4) is 0 Å². The summed E-state index contributed by atoms with van der Waals surface area (Å²) in [5.41, 5.74) is 0.957. The Morgan fingerprint density at radius 3 is 2.45 bits per heavy atom. The number of allylic oxidation sites excluding steroid dienone is 2. The summed E-state index contributed by atoms with van der Waals surface area (Å²) in [5, 5.41) is 0.619. The van der Waals surface area contributed by atoms with Gasteiger partial charge >= 0.3 is 0 Å². The number of ether oxygens (including phenoxy) is 1. The molecule has 1 aromatic heterocycles. The third-order valence-electron chi connectivity index (χ3n) is 4.57. The number of sulfonamides is 1. The summed E-state index contributed by atoms with van der Waals surface area (Å²) in [5.74, 6) is -0.329. The standard InChI is InChI=1S/C21H17FN2O3S2/c1-14-3-6-17(7-4-14)29(25,26)24-16-9-11-21(27-2,12-10-16)20-23-18-8-5-15(22)13-19(18)28-20/h3-13H,1-2H3. The van der Waals surface area contributed by atoms with Crippen molar-refractivity contribution in [2.75, 3.05) is 7.11 Å². The lowest BCUT2D eigenvalue weighted by Gasteiger charge is -2.25. The molecule has 0 unspecified atom stereocenters. The average molecular weight is 429 g/mol. The van der Waals surface area contributed by atoms with Crippen molar-refractivity contribution in [3.05, 3.63) is 83.2 Å². The third kappa shape index (κ3) is 3.78. The van der Waals surface area contributed by atoms with Crippen molar-refractivity contribution in [2.45, 2.75) is 17.4 Å². The van der Waals surface area contributed by atoms with Crippen LogP contribution in [0.25, 0.3) is 10.2 Å². The number of rotatable bonds is 4. The van der Waals surface area contributed by atoms with E-state index in [4.69, 9.17) is 4.74 Å². The molecule has 0 atom stereocenters. The normalized spacial score (nSPS) is 19.1. The Balaban J connectivity index is 1.67. The lowest BCUT2D eigenvalue weighted by atomic mass is 9.98. The predicted molar refractivity (Wildman–Crippen MR) is 112 cm³/mol. The number of benzene rings is 2. The van der Waals surface area contributed by atoms with Gasteiger partial charge in [0, 0.05) is 7.11 Å². The Morgan fingerprint density at radius 1 is 1.10 bits per heavy atom. The molecule has 0 N–H and O–H groups in total. The molecule has 0 radical (unpaired) electrons. The smallest absolute Gasteiger partial charge is 0.282 e. The van der Waals surface area contributed by atoms with E-state index in [-0.39, 0.29) is 16.4 Å². The van der Waals surface area contributed by atoms with E-state index in [1.54, 1.807) is 42.5 Å². The highest BCUT2D eigenvalue weighted by Gasteiger charge is 2.32. The summed E-state index contributed by atoms with van der Waals surface area (Å²) in [7, 11) is -2.29. The van der Waals surface area contributed by atoms with Crippen LogP contribution in [0, 0.1) is 12.7 Å². The van der Waals surface area contributed by atoms with Gasteiger partial charge in [0.25, 0.3) is 10.0 Å². The molecule has 1 aliphatic carbocycles. The average Bonchev–Trinajstić information content (AvgIpc) is 3.12. The Morgan fingerprint density at radius 2 is 1.79 bits per heavy atom. The first-order valence-electron chi connectivity index (χ1n) is 8.73. The monoisotopic (exact) mass is 428 g/mol. The Hall–Kier alpha value is -2.68. The van der Waals surface area contributed by atoms with Crippen molar-refractivity contribution in [2.24, 2.45) is 4.40 Å². The largest absolute Gasteiger partial charge is 0.363 e. The number of halogens is 1. The van der Waals surface area contributed by atoms with Gasteiger partial charge in [-0.2, -0.15) is 12.8 Å². The molecule has 8 heteroatoms. The second kappa shape index (κ2) is 7.29. The van der Waals surface area contributed by atoms with Crippen LogP contribution in [0.15, 0.2) is 76.1 Å². The maximum absolute atomic E-state index is 13.5. The topological polar surface area (TPSA) is 68.6 Å². The second-order valence-corrected chi connectivity index (χ2v) is 9.23. The molecule has 148 valence electrons. The zero-order chi connectivity index (χ0) is 20.6. The van der Waals surface area contributed by atoms with Gasteiger partial charge in [-0.3, -0.25) is 0 Å². The molecule has 0 fully saturated rings. The number of thiazole rings is 1. The molecule has 4 rings (SSSR count). The fourth-order valence-electron chi connectivity index (χ4n) is 2.92. The molecule has 0 saturated heterocycles. The first kappa shape index (κ1) is 19.6. The highest BCUT2D eigenvalue weighted by Crippen LogP contribution is 2.36. The van der Waals surface area contributed by atoms with Crippen molar-refractivity contribution >= 4 is 37.3 Å². The maximum Gasteiger partial charge on any atom is 0.282 e.